The van der Waals surface area contributed by atoms with Gasteiger partial charge in [0.2, 0.25) is 0 Å². The van der Waals surface area contributed by atoms with Crippen molar-refractivity contribution in [1.82, 2.24) is 0 Å². The van der Waals surface area contributed by atoms with Crippen molar-refractivity contribution in [3.63, 3.8) is 0 Å². The molecular weight excluding hydrogens is 456 g/mol. The molecule has 2 unspecified atom stereocenters. The summed E-state index contributed by atoms with van der Waals surface area (Å²) in [7, 11) is 3.29. The number of methoxy groups -OCH3 is 2. The molecular formula is C30H32O6. The van der Waals surface area contributed by atoms with Crippen LogP contribution in [0.15, 0.2) is 72.8 Å². The standard InChI is InChI=1S/C30H32O6/c1-33-21-11-7-19(8-12-21)25-17-29(35-15-16-36-29)18-26(20-9-13-22(34-2)14-10-20)30(25)27(31)23-5-3-4-6-24(23)28(30)32/h3-14,25-28,31-32H,15-18H2,1-2H3/t25-,26-,27?,28?/m1/s1. The molecule has 36 heavy (non-hydrogen) atoms. The van der Waals surface area contributed by atoms with Crippen molar-refractivity contribution in [2.75, 3.05) is 27.4 Å². The Balaban J connectivity index is 1.58. The number of rotatable bonds is 4. The van der Waals surface area contributed by atoms with Crippen LogP contribution < -0.4 is 9.47 Å². The summed E-state index contributed by atoms with van der Waals surface area (Å²) in [5, 5.41) is 24.3. The van der Waals surface area contributed by atoms with E-state index in [1.54, 1.807) is 14.2 Å². The summed E-state index contributed by atoms with van der Waals surface area (Å²) in [5.74, 6) is 0.234. The average Bonchev–Trinajstić information content (AvgIpc) is 3.47. The van der Waals surface area contributed by atoms with Crippen LogP contribution in [0.5, 0.6) is 11.5 Å². The van der Waals surface area contributed by atoms with Crippen LogP contribution in [0.3, 0.4) is 0 Å². The maximum atomic E-state index is 12.1. The maximum absolute atomic E-state index is 12.1. The van der Waals surface area contributed by atoms with Gasteiger partial charge in [0.05, 0.1) is 39.6 Å². The van der Waals surface area contributed by atoms with Gasteiger partial charge in [0.1, 0.15) is 11.5 Å². The average molecular weight is 489 g/mol. The first-order valence-electron chi connectivity index (χ1n) is 12.5. The number of benzene rings is 3. The Hall–Kier alpha value is -2.90. The molecule has 0 radical (unpaired) electrons. The van der Waals surface area contributed by atoms with E-state index in [-0.39, 0.29) is 11.8 Å². The lowest BCUT2D eigenvalue weighted by Gasteiger charge is -2.56. The zero-order chi connectivity index (χ0) is 24.9. The van der Waals surface area contributed by atoms with Gasteiger partial charge in [-0.1, -0.05) is 48.5 Å². The highest BCUT2D eigenvalue weighted by Gasteiger charge is 2.67. The number of aliphatic hydroxyl groups is 2. The number of aliphatic hydroxyl groups excluding tert-OH is 2. The molecule has 2 aliphatic carbocycles. The van der Waals surface area contributed by atoms with Gasteiger partial charge in [0.15, 0.2) is 5.79 Å². The summed E-state index contributed by atoms with van der Waals surface area (Å²) in [6, 6.07) is 23.6. The third kappa shape index (κ3) is 3.40. The van der Waals surface area contributed by atoms with E-state index in [0.29, 0.717) is 26.1 Å². The summed E-state index contributed by atoms with van der Waals surface area (Å²) >= 11 is 0. The molecule has 1 saturated heterocycles. The molecule has 188 valence electrons. The van der Waals surface area contributed by atoms with Crippen molar-refractivity contribution in [3.8, 4) is 11.5 Å². The molecule has 6 nitrogen and oxygen atoms in total. The van der Waals surface area contributed by atoms with Gasteiger partial charge in [-0.25, -0.2) is 0 Å². The summed E-state index contributed by atoms with van der Waals surface area (Å²) in [6.45, 7) is 1.06. The quantitative estimate of drug-likeness (QED) is 0.545. The van der Waals surface area contributed by atoms with E-state index < -0.39 is 23.4 Å². The van der Waals surface area contributed by atoms with Gasteiger partial charge in [0, 0.05) is 30.1 Å². The first kappa shape index (κ1) is 23.5. The van der Waals surface area contributed by atoms with E-state index in [1.807, 2.05) is 72.8 Å². The van der Waals surface area contributed by atoms with Gasteiger partial charge in [0.25, 0.3) is 0 Å². The number of fused-ring (bicyclic) bond motifs is 1. The van der Waals surface area contributed by atoms with Gasteiger partial charge in [-0.15, -0.1) is 0 Å². The normalized spacial score (nSPS) is 27.8. The molecule has 6 rings (SSSR count). The van der Waals surface area contributed by atoms with Crippen molar-refractivity contribution in [1.29, 1.82) is 0 Å². The highest BCUT2D eigenvalue weighted by atomic mass is 16.7. The van der Waals surface area contributed by atoms with Crippen molar-refractivity contribution >= 4 is 0 Å². The second kappa shape index (κ2) is 8.89. The van der Waals surface area contributed by atoms with Crippen LogP contribution in [0.2, 0.25) is 0 Å². The fourth-order valence-corrected chi connectivity index (χ4v) is 6.98. The van der Waals surface area contributed by atoms with Gasteiger partial charge in [-0.2, -0.15) is 0 Å². The van der Waals surface area contributed by atoms with Crippen LogP contribution in [0, 0.1) is 5.41 Å². The summed E-state index contributed by atoms with van der Waals surface area (Å²) in [6.07, 6.45) is -0.675. The second-order valence-corrected chi connectivity index (χ2v) is 10.1. The Morgan fingerprint density at radius 2 is 1.08 bits per heavy atom. The highest BCUT2D eigenvalue weighted by Crippen LogP contribution is 2.71. The van der Waals surface area contributed by atoms with Crippen molar-refractivity contribution in [3.05, 3.63) is 95.1 Å². The van der Waals surface area contributed by atoms with Crippen LogP contribution >= 0.6 is 0 Å². The molecule has 6 heteroatoms. The molecule has 4 atom stereocenters. The lowest BCUT2D eigenvalue weighted by molar-refractivity contribution is -0.229. The molecule has 3 aromatic carbocycles. The number of ether oxygens (including phenoxy) is 4. The molecule has 3 aliphatic rings. The van der Waals surface area contributed by atoms with Crippen molar-refractivity contribution in [2.24, 2.45) is 5.41 Å². The van der Waals surface area contributed by atoms with Gasteiger partial charge < -0.3 is 29.2 Å². The maximum Gasteiger partial charge on any atom is 0.169 e. The Kier molecular flexibility index (Phi) is 5.80. The van der Waals surface area contributed by atoms with E-state index in [4.69, 9.17) is 18.9 Å². The minimum atomic E-state index is -0.923. The van der Waals surface area contributed by atoms with Gasteiger partial charge in [-0.3, -0.25) is 0 Å². The fourth-order valence-electron chi connectivity index (χ4n) is 6.98. The van der Waals surface area contributed by atoms with Crippen LogP contribution in [-0.2, 0) is 9.47 Å². The monoisotopic (exact) mass is 488 g/mol. The molecule has 0 bridgehead atoms. The first-order valence-corrected chi connectivity index (χ1v) is 12.5. The summed E-state index contributed by atoms with van der Waals surface area (Å²) < 4.78 is 23.4. The number of hydrogen-bond donors (Lipinski definition) is 2. The van der Waals surface area contributed by atoms with Crippen LogP contribution in [-0.4, -0.2) is 43.4 Å². The van der Waals surface area contributed by atoms with E-state index in [2.05, 4.69) is 0 Å². The topological polar surface area (TPSA) is 77.4 Å². The van der Waals surface area contributed by atoms with Crippen LogP contribution in [0.1, 0.15) is 59.1 Å². The molecule has 2 spiro atoms. The van der Waals surface area contributed by atoms with Gasteiger partial charge >= 0.3 is 0 Å². The van der Waals surface area contributed by atoms with Gasteiger partial charge in [-0.05, 0) is 46.5 Å². The van der Waals surface area contributed by atoms with E-state index >= 15 is 0 Å². The largest absolute Gasteiger partial charge is 0.497 e. The predicted octanol–water partition coefficient (Wildman–Crippen LogP) is 4.88. The van der Waals surface area contributed by atoms with E-state index in [0.717, 1.165) is 33.8 Å². The second-order valence-electron chi connectivity index (χ2n) is 10.1. The van der Waals surface area contributed by atoms with Crippen LogP contribution in [0.4, 0.5) is 0 Å². The Bertz CT molecular complexity index is 1120. The summed E-state index contributed by atoms with van der Waals surface area (Å²) in [5.41, 5.74) is 2.67. The molecule has 0 amide bonds. The smallest absolute Gasteiger partial charge is 0.169 e. The molecule has 1 saturated carbocycles. The van der Waals surface area contributed by atoms with Crippen LogP contribution in [0.25, 0.3) is 0 Å². The third-order valence-corrected chi connectivity index (χ3v) is 8.62. The minimum absolute atomic E-state index is 0.250. The molecule has 2 fully saturated rings. The lowest BCUT2D eigenvalue weighted by Crippen LogP contribution is -2.53. The SMILES string of the molecule is COc1ccc([C@H]2CC3(C[C@H](c4ccc(OC)cc4)C24C(O)c2ccccc2C4O)OCCO3)cc1. The van der Waals surface area contributed by atoms with E-state index in [9.17, 15) is 10.2 Å². The fraction of sp³-hybridized carbons (Fsp3) is 0.400. The zero-order valence-electron chi connectivity index (χ0n) is 20.6. The molecule has 1 heterocycles. The Morgan fingerprint density at radius 1 is 0.667 bits per heavy atom. The Labute approximate surface area is 211 Å². The van der Waals surface area contributed by atoms with Crippen molar-refractivity contribution < 1.29 is 29.2 Å². The van der Waals surface area contributed by atoms with E-state index in [1.165, 1.54) is 0 Å². The third-order valence-electron chi connectivity index (χ3n) is 8.62. The van der Waals surface area contributed by atoms with Crippen molar-refractivity contribution in [2.45, 2.75) is 42.7 Å². The first-order chi connectivity index (χ1) is 17.5. The summed E-state index contributed by atoms with van der Waals surface area (Å²) in [4.78, 5) is 0. The minimum Gasteiger partial charge on any atom is -0.497 e. The molecule has 2 N–H and O–H groups in total. The number of hydrogen-bond acceptors (Lipinski definition) is 6. The highest BCUT2D eigenvalue weighted by molar-refractivity contribution is 5.47. The molecule has 1 aliphatic heterocycles. The molecule has 3 aromatic rings. The predicted molar refractivity (Wildman–Crippen MR) is 134 cm³/mol. The lowest BCUT2D eigenvalue weighted by atomic mass is 9.52. The zero-order valence-corrected chi connectivity index (χ0v) is 20.6. The Morgan fingerprint density at radius 3 is 1.47 bits per heavy atom. The molecule has 0 aromatic heterocycles.